The van der Waals surface area contributed by atoms with Gasteiger partial charge in [-0.25, -0.2) is 0 Å². The summed E-state index contributed by atoms with van der Waals surface area (Å²) in [6, 6.07) is 83.5. The first-order valence-electron chi connectivity index (χ1n) is 47.1. The number of likely N-dealkylation sites (N-methyl/N-ethyl adjacent to an activating group) is 1. The lowest BCUT2D eigenvalue weighted by atomic mass is 9.61. The molecular formula is C120H98N16. The zero-order valence-electron chi connectivity index (χ0n) is 76.8. The number of aromatic nitrogens is 14. The molecule has 0 radical (unpaired) electrons. The number of rotatable bonds is 21. The normalized spacial score (nSPS) is 15.4. The largest absolute Gasteiger partial charge is 0.370 e. The van der Waals surface area contributed by atoms with Crippen LogP contribution in [0.3, 0.4) is 0 Å². The number of allylic oxidation sites excluding steroid dienone is 3. The molecule has 2 fully saturated rings. The van der Waals surface area contributed by atoms with Gasteiger partial charge >= 0.3 is 0 Å². The highest BCUT2D eigenvalue weighted by molar-refractivity contribution is 6.20. The van der Waals surface area contributed by atoms with Gasteiger partial charge in [-0.3, -0.25) is 74.8 Å². The van der Waals surface area contributed by atoms with E-state index in [1.165, 1.54) is 0 Å². The Hall–Kier alpha value is -16.3. The molecular weight excluding hydrogens is 1670 g/mol. The molecule has 2 aliphatic carbocycles. The summed E-state index contributed by atoms with van der Waals surface area (Å²) in [5, 5.41) is 0. The van der Waals surface area contributed by atoms with Crippen LogP contribution in [-0.2, 0) is 10.8 Å². The fourth-order valence-electron chi connectivity index (χ4n) is 22.7. The van der Waals surface area contributed by atoms with Crippen molar-refractivity contribution >= 4 is 5.71 Å². The van der Waals surface area contributed by atoms with E-state index < -0.39 is 10.8 Å². The average molecular weight is 1760 g/mol. The number of nitrogens with zero attached hydrogens (tertiary/aromatic N) is 16. The van der Waals surface area contributed by atoms with E-state index in [-0.39, 0.29) is 12.0 Å². The molecule has 18 aromatic rings. The summed E-state index contributed by atoms with van der Waals surface area (Å²) in [5.74, 6) is 0.199. The van der Waals surface area contributed by atoms with Crippen molar-refractivity contribution in [3.63, 3.8) is 0 Å². The number of dihydropyridines is 1. The highest BCUT2D eigenvalue weighted by atomic mass is 15.1. The third-order valence-corrected chi connectivity index (χ3v) is 28.1. The van der Waals surface area contributed by atoms with E-state index in [9.17, 15) is 0 Å². The fraction of sp³-hybridized carbons (Fsp3) is 0.158. The van der Waals surface area contributed by atoms with Crippen LogP contribution in [0, 0.1) is 33.6 Å². The van der Waals surface area contributed by atoms with Gasteiger partial charge in [0, 0.05) is 200 Å². The zero-order chi connectivity index (χ0) is 91.8. The topological polar surface area (TPSA) is 196 Å². The lowest BCUT2D eigenvalue weighted by Gasteiger charge is -2.43. The first kappa shape index (κ1) is 85.2. The van der Waals surface area contributed by atoms with Gasteiger partial charge < -0.3 is 4.90 Å². The van der Waals surface area contributed by atoms with Crippen LogP contribution in [0.15, 0.2) is 371 Å². The van der Waals surface area contributed by atoms with Gasteiger partial charge in [0.15, 0.2) is 0 Å². The van der Waals surface area contributed by atoms with Crippen molar-refractivity contribution in [1.82, 2.24) is 74.7 Å². The Balaban J connectivity index is 0.819. The number of pyridine rings is 14. The number of aliphatic imine (C=N–C) groups is 1. The summed E-state index contributed by atoms with van der Waals surface area (Å²) in [4.78, 5) is 84.4. The van der Waals surface area contributed by atoms with Crippen LogP contribution < -0.4 is 0 Å². The summed E-state index contributed by atoms with van der Waals surface area (Å²) < 4.78 is 0. The molecule has 0 bridgehead atoms. The molecule has 4 aliphatic rings. The molecule has 4 aromatic carbocycles. The summed E-state index contributed by atoms with van der Waals surface area (Å²) in [7, 11) is 2.20. The Labute approximate surface area is 793 Å². The molecule has 136 heavy (non-hydrogen) atoms. The molecule has 16 heterocycles. The van der Waals surface area contributed by atoms with Crippen LogP contribution in [0.1, 0.15) is 120 Å². The van der Waals surface area contributed by atoms with Crippen molar-refractivity contribution in [3.8, 4) is 169 Å². The van der Waals surface area contributed by atoms with Gasteiger partial charge in [-0.2, -0.15) is 0 Å². The van der Waals surface area contributed by atoms with E-state index in [0.717, 1.165) is 281 Å². The first-order valence-corrected chi connectivity index (χ1v) is 47.1. The van der Waals surface area contributed by atoms with Crippen molar-refractivity contribution < 1.29 is 0 Å². The van der Waals surface area contributed by atoms with Gasteiger partial charge in [-0.1, -0.05) is 130 Å². The molecule has 2 unspecified atom stereocenters. The van der Waals surface area contributed by atoms with Crippen LogP contribution in [0.5, 0.6) is 0 Å². The Morgan fingerprint density at radius 1 is 0.265 bits per heavy atom. The molecule has 0 N–H and O–H groups in total. The first-order chi connectivity index (χ1) is 67.0. The van der Waals surface area contributed by atoms with Crippen LogP contribution >= 0.6 is 0 Å². The van der Waals surface area contributed by atoms with Crippen LogP contribution in [-0.4, -0.2) is 94.0 Å². The van der Waals surface area contributed by atoms with E-state index in [0.29, 0.717) is 6.54 Å². The summed E-state index contributed by atoms with van der Waals surface area (Å²) >= 11 is 0. The summed E-state index contributed by atoms with van der Waals surface area (Å²) in [5.41, 5.74) is 36.5. The van der Waals surface area contributed by atoms with Gasteiger partial charge in [0.1, 0.15) is 0 Å². The lowest BCUT2D eigenvalue weighted by molar-refractivity contribution is 0.381. The molecule has 0 amide bonds. The maximum atomic E-state index is 5.94. The predicted molar refractivity (Wildman–Crippen MR) is 546 cm³/mol. The highest BCUT2D eigenvalue weighted by Gasteiger charge is 2.51. The maximum absolute atomic E-state index is 5.94. The molecule has 0 saturated heterocycles. The summed E-state index contributed by atoms with van der Waals surface area (Å²) in [6.45, 7) is 12.1. The molecule has 2 saturated carbocycles. The fourth-order valence-corrected chi connectivity index (χ4v) is 22.7. The molecule has 22 rings (SSSR count). The zero-order valence-corrected chi connectivity index (χ0v) is 76.8. The van der Waals surface area contributed by atoms with Crippen molar-refractivity contribution in [3.05, 3.63) is 422 Å². The van der Waals surface area contributed by atoms with Crippen LogP contribution in [0.4, 0.5) is 0 Å². The molecule has 16 nitrogen and oxygen atoms in total. The average Bonchev–Trinajstić information content (AvgIpc) is 1.23. The second kappa shape index (κ2) is 36.7. The monoisotopic (exact) mass is 1760 g/mol. The Morgan fingerprint density at radius 2 is 0.581 bits per heavy atom. The van der Waals surface area contributed by atoms with E-state index in [2.05, 4.69) is 259 Å². The molecule has 0 spiro atoms. The highest BCUT2D eigenvalue weighted by Crippen LogP contribution is 2.65. The SMILES string of the molecule is Cc1c(-c2ccccn2)c(-c2ccccn2)c(-c2ccccn2)c(C2(c3c(-c4ccccn4)c(-c4ccccn4)c(-c4cc(-c5ccc(-c6c(C7=NCC(C)C=C7)c(-c7ccccn7)c(C)c(C7(c8c(C)c(-c9ccccn9)c(-c9ccccn9)c(-c9ccccn9)c8-c8ccccn8)CCCC7)c6-c6ccccn6)nc5)ccn4)c(C)c3C3C=CC=CN3C)CCCC2)c1-c1ccccn1. The van der Waals surface area contributed by atoms with Crippen LogP contribution in [0.25, 0.3) is 169 Å². The smallest absolute Gasteiger partial charge is 0.0726 e. The second-order valence-corrected chi connectivity index (χ2v) is 36.0. The number of benzene rings is 4. The minimum atomic E-state index is -0.826. The number of hydrogen-bond acceptors (Lipinski definition) is 16. The predicted octanol–water partition coefficient (Wildman–Crippen LogP) is 27.2. The third kappa shape index (κ3) is 15.0. The Bertz CT molecular complexity index is 7620. The second-order valence-electron chi connectivity index (χ2n) is 36.0. The Kier molecular flexibility index (Phi) is 23.0. The third-order valence-electron chi connectivity index (χ3n) is 28.1. The molecule has 16 heteroatoms. The van der Waals surface area contributed by atoms with E-state index in [4.69, 9.17) is 74.8 Å². The van der Waals surface area contributed by atoms with Crippen molar-refractivity contribution in [1.29, 1.82) is 0 Å². The Morgan fingerprint density at radius 3 is 0.949 bits per heavy atom. The van der Waals surface area contributed by atoms with Gasteiger partial charge in [0.2, 0.25) is 0 Å². The quantitative estimate of drug-likeness (QED) is 0.0658. The molecule has 14 aromatic heterocycles. The maximum Gasteiger partial charge on any atom is 0.0726 e. The van der Waals surface area contributed by atoms with Crippen molar-refractivity contribution in [2.75, 3.05) is 13.6 Å². The lowest BCUT2D eigenvalue weighted by Crippen LogP contribution is -2.33. The minimum absolute atomic E-state index is 0.199. The molecule has 2 aliphatic heterocycles. The van der Waals surface area contributed by atoms with Gasteiger partial charge in [0.25, 0.3) is 0 Å². The van der Waals surface area contributed by atoms with Crippen LogP contribution in [0.2, 0.25) is 0 Å². The van der Waals surface area contributed by atoms with Gasteiger partial charge in [-0.05, 0) is 297 Å². The molecule has 2 atom stereocenters. The van der Waals surface area contributed by atoms with Crippen molar-refractivity contribution in [2.45, 2.75) is 103 Å². The van der Waals surface area contributed by atoms with E-state index in [1.807, 2.05) is 153 Å². The summed E-state index contributed by atoms with van der Waals surface area (Å²) in [6.07, 6.45) is 47.1. The number of hydrogen-bond donors (Lipinski definition) is 0. The standard InChI is InChI=1S/C120H98N16/c1-76-50-52-95(134-74-76)106-102(85-39-9-26-61-123-85)80(5)116(119(55-20-21-56-119)115-79(4)101(84-38-8-25-60-122-84)105(87-41-11-28-63-125-87)109(90-44-14-31-66-128-90)111(115)91-45-15-32-67-129-91)112(92-46-16-33-68-130-92)110(106)96-53-51-82(75-135-96)81-54-71-133-97(73-81)100-78(3)104(98-49-19-36-72-136(98)6)118(114(94-48-18-35-70-132-94)108(100)89-43-13-30-65-127-89)120(57-22-23-58-120)117-103(86-40-10-27-62-124-86)77(2)99(83-37-7-24-59-121-83)107(88-42-12-29-64-126-88)113(117)93-47-17-34-69-131-93/h7-19,24-54,59-73,75-76,98H,20-23,55-58,74H2,1-6H3. The van der Waals surface area contributed by atoms with Crippen molar-refractivity contribution in [2.24, 2.45) is 10.9 Å². The molecule has 658 valence electrons. The van der Waals surface area contributed by atoms with Gasteiger partial charge in [-0.15, -0.1) is 0 Å². The minimum Gasteiger partial charge on any atom is -0.370 e. The van der Waals surface area contributed by atoms with E-state index in [1.54, 1.807) is 0 Å². The van der Waals surface area contributed by atoms with E-state index >= 15 is 0 Å². The van der Waals surface area contributed by atoms with Gasteiger partial charge in [0.05, 0.1) is 91.5 Å².